The van der Waals surface area contributed by atoms with Crippen molar-refractivity contribution in [2.24, 2.45) is 5.92 Å². The number of anilines is 4. The quantitative estimate of drug-likeness (QED) is 0.309. The molecule has 0 radical (unpaired) electrons. The minimum Gasteiger partial charge on any atom is -0.493 e. The summed E-state index contributed by atoms with van der Waals surface area (Å²) in [5.41, 5.74) is 2.19. The SMILES string of the molecule is COc1ccc(Nc2nccc(NCC3CCN(c4ccccc4)CC3)n2)cc1OCCCN1CCCC1. The number of benzene rings is 2. The maximum Gasteiger partial charge on any atom is 0.229 e. The largest absolute Gasteiger partial charge is 0.493 e. The van der Waals surface area contributed by atoms with Gasteiger partial charge in [-0.15, -0.1) is 0 Å². The molecule has 2 N–H and O–H groups in total. The molecule has 3 heterocycles. The first-order valence-corrected chi connectivity index (χ1v) is 13.9. The van der Waals surface area contributed by atoms with Gasteiger partial charge in [0.1, 0.15) is 5.82 Å². The zero-order valence-electron chi connectivity index (χ0n) is 22.4. The Morgan fingerprint density at radius 2 is 1.76 bits per heavy atom. The Morgan fingerprint density at radius 3 is 2.55 bits per heavy atom. The van der Waals surface area contributed by atoms with Gasteiger partial charge in [0.15, 0.2) is 11.5 Å². The van der Waals surface area contributed by atoms with Crippen molar-refractivity contribution < 1.29 is 9.47 Å². The van der Waals surface area contributed by atoms with Crippen molar-refractivity contribution in [3.8, 4) is 11.5 Å². The monoisotopic (exact) mass is 516 g/mol. The molecule has 2 aliphatic heterocycles. The molecule has 0 aliphatic carbocycles. The summed E-state index contributed by atoms with van der Waals surface area (Å²) in [5.74, 6) is 3.48. The van der Waals surface area contributed by atoms with Crippen LogP contribution in [0.25, 0.3) is 0 Å². The second-order valence-electron chi connectivity index (χ2n) is 10.2. The number of aromatic nitrogens is 2. The third-order valence-corrected chi connectivity index (χ3v) is 7.46. The highest BCUT2D eigenvalue weighted by Crippen LogP contribution is 2.31. The van der Waals surface area contributed by atoms with E-state index < -0.39 is 0 Å². The van der Waals surface area contributed by atoms with Gasteiger partial charge in [-0.05, 0) is 81.4 Å². The van der Waals surface area contributed by atoms with Crippen molar-refractivity contribution in [2.45, 2.75) is 32.1 Å². The van der Waals surface area contributed by atoms with E-state index in [9.17, 15) is 0 Å². The predicted molar refractivity (Wildman–Crippen MR) is 154 cm³/mol. The Kier molecular flexibility index (Phi) is 9.15. The molecule has 0 spiro atoms. The molecule has 2 aromatic carbocycles. The average molecular weight is 517 g/mol. The first-order valence-electron chi connectivity index (χ1n) is 13.9. The molecular formula is C30H40N6O2. The molecule has 2 fully saturated rings. The topological polar surface area (TPSA) is 74.8 Å². The Labute approximate surface area is 226 Å². The maximum atomic E-state index is 6.08. The lowest BCUT2D eigenvalue weighted by molar-refractivity contribution is 0.254. The standard InChI is InChI=1S/C30H40N6O2/c1-37-27-11-10-25(22-28(27)38-21-7-18-35-16-5-6-17-35)33-30-31-15-12-29(34-30)32-23-24-13-19-36(20-14-24)26-8-3-2-4-9-26/h2-4,8-12,15,22,24H,5-7,13-14,16-21,23H2,1H3,(H2,31,32,33,34). The van der Waals surface area contributed by atoms with E-state index in [2.05, 4.69) is 60.7 Å². The number of hydrogen-bond acceptors (Lipinski definition) is 8. The number of piperidine rings is 1. The highest BCUT2D eigenvalue weighted by atomic mass is 16.5. The van der Waals surface area contributed by atoms with Crippen molar-refractivity contribution in [2.75, 3.05) is 68.5 Å². The molecule has 3 aromatic rings. The van der Waals surface area contributed by atoms with E-state index in [0.29, 0.717) is 18.5 Å². The smallest absolute Gasteiger partial charge is 0.229 e. The number of nitrogens with zero attached hydrogens (tertiary/aromatic N) is 4. The number of methoxy groups -OCH3 is 1. The van der Waals surface area contributed by atoms with Crippen LogP contribution in [0.1, 0.15) is 32.1 Å². The van der Waals surface area contributed by atoms with Crippen LogP contribution < -0.4 is 25.0 Å². The Morgan fingerprint density at radius 1 is 0.947 bits per heavy atom. The average Bonchev–Trinajstić information content (AvgIpc) is 3.49. The second-order valence-corrected chi connectivity index (χ2v) is 10.2. The van der Waals surface area contributed by atoms with Crippen molar-refractivity contribution in [3.05, 3.63) is 60.8 Å². The van der Waals surface area contributed by atoms with Gasteiger partial charge in [-0.1, -0.05) is 18.2 Å². The maximum absolute atomic E-state index is 6.08. The van der Waals surface area contributed by atoms with Gasteiger partial charge in [-0.3, -0.25) is 0 Å². The van der Waals surface area contributed by atoms with Crippen molar-refractivity contribution in [3.63, 3.8) is 0 Å². The summed E-state index contributed by atoms with van der Waals surface area (Å²) in [6.45, 7) is 7.27. The van der Waals surface area contributed by atoms with Crippen LogP contribution in [0.4, 0.5) is 23.1 Å². The lowest BCUT2D eigenvalue weighted by atomic mass is 9.96. The Bertz CT molecular complexity index is 1130. The third kappa shape index (κ3) is 7.28. The minimum absolute atomic E-state index is 0.555. The summed E-state index contributed by atoms with van der Waals surface area (Å²) in [7, 11) is 1.67. The number of para-hydroxylation sites is 1. The molecule has 38 heavy (non-hydrogen) atoms. The van der Waals surface area contributed by atoms with Gasteiger partial charge in [0.25, 0.3) is 0 Å². The van der Waals surface area contributed by atoms with E-state index in [1.807, 2.05) is 24.3 Å². The van der Waals surface area contributed by atoms with Crippen LogP contribution in [0.3, 0.4) is 0 Å². The fourth-order valence-corrected chi connectivity index (χ4v) is 5.27. The van der Waals surface area contributed by atoms with Crippen LogP contribution in [0, 0.1) is 5.92 Å². The minimum atomic E-state index is 0.555. The predicted octanol–water partition coefficient (Wildman–Crippen LogP) is 5.42. The lowest BCUT2D eigenvalue weighted by Crippen LogP contribution is -2.35. The van der Waals surface area contributed by atoms with Crippen molar-refractivity contribution in [1.29, 1.82) is 0 Å². The zero-order valence-corrected chi connectivity index (χ0v) is 22.4. The summed E-state index contributed by atoms with van der Waals surface area (Å²) in [6.07, 6.45) is 7.76. The Balaban J connectivity index is 1.10. The molecule has 8 nitrogen and oxygen atoms in total. The summed E-state index contributed by atoms with van der Waals surface area (Å²) in [5, 5.41) is 6.84. The number of likely N-dealkylation sites (tertiary alicyclic amines) is 1. The molecule has 0 bridgehead atoms. The van der Waals surface area contributed by atoms with Crippen molar-refractivity contribution >= 4 is 23.1 Å². The van der Waals surface area contributed by atoms with Gasteiger partial charge in [0, 0.05) is 49.8 Å². The van der Waals surface area contributed by atoms with Crippen LogP contribution in [0.5, 0.6) is 11.5 Å². The van der Waals surface area contributed by atoms with Crippen molar-refractivity contribution in [1.82, 2.24) is 14.9 Å². The van der Waals surface area contributed by atoms with Gasteiger partial charge < -0.3 is 29.9 Å². The van der Waals surface area contributed by atoms with Gasteiger partial charge in [0.2, 0.25) is 5.95 Å². The molecule has 8 heteroatoms. The van der Waals surface area contributed by atoms with Crippen LogP contribution in [-0.2, 0) is 0 Å². The van der Waals surface area contributed by atoms with E-state index in [-0.39, 0.29) is 0 Å². The van der Waals surface area contributed by atoms with Gasteiger partial charge in [-0.2, -0.15) is 4.98 Å². The summed E-state index contributed by atoms with van der Waals surface area (Å²) in [4.78, 5) is 14.1. The first-order chi connectivity index (χ1) is 18.8. The molecule has 0 unspecified atom stereocenters. The van der Waals surface area contributed by atoms with Crippen LogP contribution >= 0.6 is 0 Å². The van der Waals surface area contributed by atoms with Crippen LogP contribution in [-0.4, -0.2) is 67.9 Å². The van der Waals surface area contributed by atoms with E-state index in [1.165, 1.54) is 44.5 Å². The molecule has 202 valence electrons. The lowest BCUT2D eigenvalue weighted by Gasteiger charge is -2.33. The molecule has 0 saturated carbocycles. The molecule has 1 aromatic heterocycles. The van der Waals surface area contributed by atoms with E-state index in [1.54, 1.807) is 13.3 Å². The third-order valence-electron chi connectivity index (χ3n) is 7.46. The Hall–Kier alpha value is -3.52. The van der Waals surface area contributed by atoms with Gasteiger partial charge in [-0.25, -0.2) is 4.98 Å². The van der Waals surface area contributed by atoms with Gasteiger partial charge >= 0.3 is 0 Å². The molecule has 0 atom stereocenters. The van der Waals surface area contributed by atoms with E-state index in [4.69, 9.17) is 9.47 Å². The molecule has 0 amide bonds. The molecule has 5 rings (SSSR count). The number of nitrogens with one attached hydrogen (secondary N) is 2. The normalized spacial score (nSPS) is 16.4. The second kappa shape index (κ2) is 13.3. The highest BCUT2D eigenvalue weighted by Gasteiger charge is 2.19. The van der Waals surface area contributed by atoms with Crippen LogP contribution in [0.2, 0.25) is 0 Å². The molecule has 2 aliphatic rings. The number of rotatable bonds is 12. The highest BCUT2D eigenvalue weighted by molar-refractivity contribution is 5.60. The first kappa shape index (κ1) is 26.1. The molecule has 2 saturated heterocycles. The summed E-state index contributed by atoms with van der Waals surface area (Å²) >= 11 is 0. The fraction of sp³-hybridized carbons (Fsp3) is 0.467. The summed E-state index contributed by atoms with van der Waals surface area (Å²) in [6, 6.07) is 18.4. The number of ether oxygens (including phenoxy) is 2. The van der Waals surface area contributed by atoms with Crippen LogP contribution in [0.15, 0.2) is 60.8 Å². The zero-order chi connectivity index (χ0) is 26.0. The van der Waals surface area contributed by atoms with E-state index >= 15 is 0 Å². The summed E-state index contributed by atoms with van der Waals surface area (Å²) < 4.78 is 11.6. The fourth-order valence-electron chi connectivity index (χ4n) is 5.27. The van der Waals surface area contributed by atoms with Gasteiger partial charge in [0.05, 0.1) is 13.7 Å². The van der Waals surface area contributed by atoms with E-state index in [0.717, 1.165) is 55.6 Å². The molecular weight excluding hydrogens is 476 g/mol. The number of hydrogen-bond donors (Lipinski definition) is 2.